The molecule has 1 aromatic heterocycles. The van der Waals surface area contributed by atoms with Crippen LogP contribution in [0.4, 0.5) is 5.00 Å². The molecule has 82 valence electrons. The Morgan fingerprint density at radius 1 is 1.44 bits per heavy atom. The average molecular weight is 298 g/mol. The van der Waals surface area contributed by atoms with Gasteiger partial charge in [0.25, 0.3) is 5.91 Å². The third kappa shape index (κ3) is 2.65. The maximum Gasteiger partial charge on any atom is 0.256 e. The molecule has 0 atom stereocenters. The summed E-state index contributed by atoms with van der Waals surface area (Å²) < 4.78 is 4.56. The van der Waals surface area contributed by atoms with Crippen LogP contribution in [0.2, 0.25) is 0 Å². The Bertz CT molecular complexity index is 493. The summed E-state index contributed by atoms with van der Waals surface area (Å²) in [5.74, 6) is -0.157. The largest absolute Gasteiger partial charge is 0.311 e. The topological polar surface area (TPSA) is 54.9 Å². The highest BCUT2D eigenvalue weighted by atomic mass is 79.9. The predicted octanol–water partition coefficient (Wildman–Crippen LogP) is 2.86. The molecule has 1 amide bonds. The standard InChI is InChI=1S/C10H8BrN3OS/c1-6-2-7(4-8(11)3-6)10(15)13-9-5-12-14-16-9/h2-5H,1H3,(H,13,15). The first kappa shape index (κ1) is 11.2. The number of hydrogen-bond donors (Lipinski definition) is 1. The first-order chi connectivity index (χ1) is 7.65. The molecule has 0 aliphatic carbocycles. The maximum absolute atomic E-state index is 11.8. The monoisotopic (exact) mass is 297 g/mol. The normalized spacial score (nSPS) is 10.1. The Labute approximate surface area is 105 Å². The van der Waals surface area contributed by atoms with Crippen molar-refractivity contribution in [1.82, 2.24) is 9.59 Å². The van der Waals surface area contributed by atoms with Crippen LogP contribution in [0.1, 0.15) is 15.9 Å². The van der Waals surface area contributed by atoms with Crippen molar-refractivity contribution < 1.29 is 4.79 Å². The van der Waals surface area contributed by atoms with Crippen molar-refractivity contribution in [3.63, 3.8) is 0 Å². The van der Waals surface area contributed by atoms with Gasteiger partial charge in [0.2, 0.25) is 0 Å². The fourth-order valence-corrected chi connectivity index (χ4v) is 2.30. The molecule has 0 spiro atoms. The van der Waals surface area contributed by atoms with Crippen LogP contribution in [0.3, 0.4) is 0 Å². The van der Waals surface area contributed by atoms with Crippen molar-refractivity contribution in [2.24, 2.45) is 0 Å². The van der Waals surface area contributed by atoms with E-state index in [1.165, 1.54) is 6.20 Å². The number of benzene rings is 1. The second kappa shape index (κ2) is 4.71. The second-order valence-electron chi connectivity index (χ2n) is 3.25. The Kier molecular flexibility index (Phi) is 3.31. The molecule has 2 rings (SSSR count). The van der Waals surface area contributed by atoms with Crippen molar-refractivity contribution in [3.05, 3.63) is 40.0 Å². The fraction of sp³-hybridized carbons (Fsp3) is 0.100. The number of nitrogens with zero attached hydrogens (tertiary/aromatic N) is 2. The first-order valence-corrected chi connectivity index (χ1v) is 6.08. The number of rotatable bonds is 2. The van der Waals surface area contributed by atoms with Gasteiger partial charge in [-0.3, -0.25) is 4.79 Å². The molecule has 1 aromatic carbocycles. The van der Waals surface area contributed by atoms with Crippen LogP contribution in [0, 0.1) is 6.92 Å². The van der Waals surface area contributed by atoms with E-state index in [-0.39, 0.29) is 5.91 Å². The van der Waals surface area contributed by atoms with Crippen LogP contribution in [0.5, 0.6) is 0 Å². The Morgan fingerprint density at radius 2 is 2.25 bits per heavy atom. The van der Waals surface area contributed by atoms with E-state index in [4.69, 9.17) is 0 Å². The third-order valence-electron chi connectivity index (χ3n) is 1.90. The molecule has 1 heterocycles. The van der Waals surface area contributed by atoms with E-state index in [1.807, 2.05) is 19.1 Å². The quantitative estimate of drug-likeness (QED) is 0.927. The number of carbonyl (C=O) groups excluding carboxylic acids is 1. The summed E-state index contributed by atoms with van der Waals surface area (Å²) in [5.41, 5.74) is 1.64. The molecule has 6 heteroatoms. The van der Waals surface area contributed by atoms with Crippen LogP contribution in [-0.4, -0.2) is 15.5 Å². The van der Waals surface area contributed by atoms with E-state index in [1.54, 1.807) is 6.07 Å². The minimum atomic E-state index is -0.157. The number of carbonyl (C=O) groups is 1. The lowest BCUT2D eigenvalue weighted by molar-refractivity contribution is 0.102. The van der Waals surface area contributed by atoms with Gasteiger partial charge in [-0.05, 0) is 30.7 Å². The molecule has 4 nitrogen and oxygen atoms in total. The second-order valence-corrected chi connectivity index (χ2v) is 4.95. The van der Waals surface area contributed by atoms with E-state index in [9.17, 15) is 4.79 Å². The lowest BCUT2D eigenvalue weighted by Crippen LogP contribution is -2.11. The number of nitrogens with one attached hydrogen (secondary N) is 1. The van der Waals surface area contributed by atoms with Crippen LogP contribution in [0.25, 0.3) is 0 Å². The number of amides is 1. The molecule has 0 aliphatic rings. The number of anilines is 1. The summed E-state index contributed by atoms with van der Waals surface area (Å²) in [6.07, 6.45) is 1.52. The van der Waals surface area contributed by atoms with Gasteiger partial charge in [0, 0.05) is 21.6 Å². The van der Waals surface area contributed by atoms with E-state index in [0.717, 1.165) is 21.6 Å². The van der Waals surface area contributed by atoms with Gasteiger partial charge in [0.15, 0.2) is 0 Å². The van der Waals surface area contributed by atoms with Gasteiger partial charge in [0.1, 0.15) is 5.00 Å². The fourth-order valence-electron chi connectivity index (χ4n) is 1.27. The summed E-state index contributed by atoms with van der Waals surface area (Å²) in [4.78, 5) is 11.8. The highest BCUT2D eigenvalue weighted by Gasteiger charge is 2.08. The summed E-state index contributed by atoms with van der Waals surface area (Å²) in [5, 5.41) is 7.02. The molecule has 0 radical (unpaired) electrons. The average Bonchev–Trinajstić information content (AvgIpc) is 2.68. The minimum absolute atomic E-state index is 0.157. The highest BCUT2D eigenvalue weighted by Crippen LogP contribution is 2.17. The summed E-state index contributed by atoms with van der Waals surface area (Å²) >= 11 is 4.51. The molecule has 0 saturated carbocycles. The van der Waals surface area contributed by atoms with Gasteiger partial charge in [-0.25, -0.2) is 0 Å². The van der Waals surface area contributed by atoms with E-state index in [0.29, 0.717) is 10.6 Å². The number of aryl methyl sites for hydroxylation is 1. The van der Waals surface area contributed by atoms with E-state index >= 15 is 0 Å². The first-order valence-electron chi connectivity index (χ1n) is 4.51. The molecule has 0 unspecified atom stereocenters. The Balaban J connectivity index is 2.21. The lowest BCUT2D eigenvalue weighted by Gasteiger charge is -2.03. The zero-order valence-electron chi connectivity index (χ0n) is 8.40. The molecule has 2 aromatic rings. The van der Waals surface area contributed by atoms with E-state index < -0.39 is 0 Å². The third-order valence-corrected chi connectivity index (χ3v) is 2.94. The van der Waals surface area contributed by atoms with Crippen molar-refractivity contribution >= 4 is 38.4 Å². The van der Waals surface area contributed by atoms with Gasteiger partial charge in [-0.15, -0.1) is 5.10 Å². The van der Waals surface area contributed by atoms with Gasteiger partial charge in [0.05, 0.1) is 6.20 Å². The predicted molar refractivity (Wildman–Crippen MR) is 66.7 cm³/mol. The van der Waals surface area contributed by atoms with Gasteiger partial charge < -0.3 is 5.32 Å². The molecular formula is C10H8BrN3OS. The van der Waals surface area contributed by atoms with Crippen molar-refractivity contribution in [3.8, 4) is 0 Å². The number of hydrogen-bond acceptors (Lipinski definition) is 4. The molecule has 1 N–H and O–H groups in total. The van der Waals surface area contributed by atoms with Crippen molar-refractivity contribution in [2.45, 2.75) is 6.92 Å². The molecule has 16 heavy (non-hydrogen) atoms. The van der Waals surface area contributed by atoms with Crippen molar-refractivity contribution in [1.29, 1.82) is 0 Å². The van der Waals surface area contributed by atoms with Crippen LogP contribution in [-0.2, 0) is 0 Å². The zero-order valence-corrected chi connectivity index (χ0v) is 10.8. The Hall–Kier alpha value is -1.27. The molecule has 0 bridgehead atoms. The molecule has 0 fully saturated rings. The maximum atomic E-state index is 11.8. The Morgan fingerprint density at radius 3 is 2.88 bits per heavy atom. The van der Waals surface area contributed by atoms with Crippen LogP contribution >= 0.6 is 27.5 Å². The molecular weight excluding hydrogens is 290 g/mol. The smallest absolute Gasteiger partial charge is 0.256 e. The van der Waals surface area contributed by atoms with Crippen molar-refractivity contribution in [2.75, 3.05) is 5.32 Å². The van der Waals surface area contributed by atoms with Crippen LogP contribution in [0.15, 0.2) is 28.9 Å². The van der Waals surface area contributed by atoms with Crippen LogP contribution < -0.4 is 5.32 Å². The van der Waals surface area contributed by atoms with Gasteiger partial charge >= 0.3 is 0 Å². The SMILES string of the molecule is Cc1cc(Br)cc(C(=O)Nc2cnns2)c1. The van der Waals surface area contributed by atoms with E-state index in [2.05, 4.69) is 30.8 Å². The van der Waals surface area contributed by atoms with Gasteiger partial charge in [-0.2, -0.15) is 0 Å². The minimum Gasteiger partial charge on any atom is -0.311 e. The van der Waals surface area contributed by atoms with Gasteiger partial charge in [-0.1, -0.05) is 20.4 Å². The molecule has 0 aliphatic heterocycles. The number of aromatic nitrogens is 2. The lowest BCUT2D eigenvalue weighted by atomic mass is 10.1. The summed E-state index contributed by atoms with van der Waals surface area (Å²) in [6.45, 7) is 1.94. The summed E-state index contributed by atoms with van der Waals surface area (Å²) in [6, 6.07) is 5.55. The summed E-state index contributed by atoms with van der Waals surface area (Å²) in [7, 11) is 0. The highest BCUT2D eigenvalue weighted by molar-refractivity contribution is 9.10. The number of halogens is 1. The zero-order chi connectivity index (χ0) is 11.5. The molecule has 0 saturated heterocycles.